The summed E-state index contributed by atoms with van der Waals surface area (Å²) in [5.41, 5.74) is 0. The van der Waals surface area contributed by atoms with E-state index in [-0.39, 0.29) is 31.1 Å². The van der Waals surface area contributed by atoms with Gasteiger partial charge in [0.25, 0.3) is 0 Å². The van der Waals surface area contributed by atoms with Gasteiger partial charge in [-0.05, 0) is 25.2 Å². The fraction of sp³-hybridized carbons (Fsp3) is 0.949. The van der Waals surface area contributed by atoms with Crippen LogP contribution in [0.5, 0.6) is 0 Å². The van der Waals surface area contributed by atoms with Gasteiger partial charge >= 0.3 is 17.9 Å². The lowest BCUT2D eigenvalue weighted by Gasteiger charge is -2.18. The van der Waals surface area contributed by atoms with Crippen molar-refractivity contribution in [3.05, 3.63) is 0 Å². The number of rotatable bonds is 54. The number of hydrogen-bond acceptors (Lipinski definition) is 6. The van der Waals surface area contributed by atoms with E-state index >= 15 is 0 Å². The van der Waals surface area contributed by atoms with Crippen molar-refractivity contribution in [1.82, 2.24) is 0 Å². The van der Waals surface area contributed by atoms with Crippen LogP contribution in [0.2, 0.25) is 0 Å². The topological polar surface area (TPSA) is 78.9 Å². The lowest BCUT2D eigenvalue weighted by atomic mass is 9.99. The molecule has 6 nitrogen and oxygen atoms in total. The average molecular weight is 920 g/mol. The number of unbranched alkanes of at least 4 members (excludes halogenated alkanes) is 40. The molecule has 0 amide bonds. The molecule has 6 heteroatoms. The molecule has 0 N–H and O–H groups in total. The van der Waals surface area contributed by atoms with Crippen molar-refractivity contribution in [2.24, 2.45) is 5.92 Å². The fourth-order valence-electron chi connectivity index (χ4n) is 9.07. The van der Waals surface area contributed by atoms with Gasteiger partial charge in [0.2, 0.25) is 0 Å². The summed E-state index contributed by atoms with van der Waals surface area (Å²) in [5.74, 6) is 0.0671. The third-order valence-corrected chi connectivity index (χ3v) is 13.9. The van der Waals surface area contributed by atoms with E-state index in [1.165, 1.54) is 231 Å². The van der Waals surface area contributed by atoms with Crippen molar-refractivity contribution >= 4 is 17.9 Å². The molecule has 0 saturated carbocycles. The Morgan fingerprint density at radius 2 is 0.538 bits per heavy atom. The molecule has 0 aromatic heterocycles. The zero-order chi connectivity index (χ0) is 47.4. The minimum Gasteiger partial charge on any atom is -0.462 e. The molecule has 0 aromatic carbocycles. The lowest BCUT2D eigenvalue weighted by Crippen LogP contribution is -2.30. The molecule has 0 heterocycles. The summed E-state index contributed by atoms with van der Waals surface area (Å²) in [6.45, 7) is 9.07. The first-order valence-corrected chi connectivity index (χ1v) is 29.4. The van der Waals surface area contributed by atoms with Crippen molar-refractivity contribution < 1.29 is 28.6 Å². The highest BCUT2D eigenvalue weighted by atomic mass is 16.6. The lowest BCUT2D eigenvalue weighted by molar-refractivity contribution is -0.167. The van der Waals surface area contributed by atoms with Crippen LogP contribution in [0.25, 0.3) is 0 Å². The van der Waals surface area contributed by atoms with Gasteiger partial charge in [-0.1, -0.05) is 297 Å². The van der Waals surface area contributed by atoms with E-state index in [1.54, 1.807) is 0 Å². The Hall–Kier alpha value is -1.59. The van der Waals surface area contributed by atoms with Crippen LogP contribution in [0, 0.1) is 5.92 Å². The number of carbonyl (C=O) groups excluding carboxylic acids is 3. The third-order valence-electron chi connectivity index (χ3n) is 13.9. The van der Waals surface area contributed by atoms with E-state index in [1.807, 2.05) is 0 Å². The van der Waals surface area contributed by atoms with Crippen LogP contribution in [-0.4, -0.2) is 37.2 Å². The minimum absolute atomic E-state index is 0.0624. The van der Waals surface area contributed by atoms with Crippen molar-refractivity contribution in [3.63, 3.8) is 0 Å². The van der Waals surface area contributed by atoms with Gasteiger partial charge in [-0.2, -0.15) is 0 Å². The largest absolute Gasteiger partial charge is 0.462 e. The van der Waals surface area contributed by atoms with Gasteiger partial charge in [-0.25, -0.2) is 0 Å². The number of carbonyl (C=O) groups is 3. The summed E-state index contributed by atoms with van der Waals surface area (Å²) in [7, 11) is 0. The standard InChI is InChI=1S/C59H114O6/c1-5-8-10-12-14-15-16-17-18-19-23-27-30-33-36-40-44-48-52-59(62)65-56(53-63-57(60)50-46-42-37-13-11-9-6-2)54-64-58(61)51-47-43-39-35-32-29-26-24-21-20-22-25-28-31-34-38-41-45-49-55(4)7-3/h55-56H,5-54H2,1-4H3/t55?,56-/m1/s1. The first-order chi connectivity index (χ1) is 31.9. The highest BCUT2D eigenvalue weighted by Crippen LogP contribution is 2.19. The predicted octanol–water partition coefficient (Wildman–Crippen LogP) is 19.4. The molecule has 0 spiro atoms. The maximum atomic E-state index is 12.8. The van der Waals surface area contributed by atoms with Gasteiger partial charge in [0.1, 0.15) is 13.2 Å². The molecule has 0 fully saturated rings. The highest BCUT2D eigenvalue weighted by molar-refractivity contribution is 5.71. The Balaban J connectivity index is 4.11. The van der Waals surface area contributed by atoms with Gasteiger partial charge < -0.3 is 14.2 Å². The van der Waals surface area contributed by atoms with Crippen LogP contribution in [0.1, 0.15) is 336 Å². The molecule has 0 aliphatic carbocycles. The molecule has 0 rings (SSSR count). The average Bonchev–Trinajstić information content (AvgIpc) is 3.30. The number of esters is 3. The molecular weight excluding hydrogens is 805 g/mol. The molecule has 0 saturated heterocycles. The Kier molecular flexibility index (Phi) is 52.1. The molecule has 0 aliphatic heterocycles. The molecule has 0 aromatic rings. The summed E-state index contributed by atoms with van der Waals surface area (Å²) in [5, 5.41) is 0. The number of hydrogen-bond donors (Lipinski definition) is 0. The van der Waals surface area contributed by atoms with Gasteiger partial charge in [0.15, 0.2) is 6.10 Å². The van der Waals surface area contributed by atoms with E-state index in [2.05, 4.69) is 27.7 Å². The summed E-state index contributed by atoms with van der Waals surface area (Å²) in [4.78, 5) is 37.9. The maximum absolute atomic E-state index is 12.8. The monoisotopic (exact) mass is 919 g/mol. The van der Waals surface area contributed by atoms with Crippen LogP contribution in [-0.2, 0) is 28.6 Å². The summed E-state index contributed by atoms with van der Waals surface area (Å²) in [6.07, 6.45) is 58.3. The Bertz CT molecular complexity index is 982. The fourth-order valence-corrected chi connectivity index (χ4v) is 9.07. The van der Waals surface area contributed by atoms with Gasteiger partial charge in [-0.15, -0.1) is 0 Å². The Labute approximate surface area is 406 Å². The van der Waals surface area contributed by atoms with Crippen LogP contribution < -0.4 is 0 Å². The Morgan fingerprint density at radius 1 is 0.308 bits per heavy atom. The second kappa shape index (κ2) is 53.4. The second-order valence-corrected chi connectivity index (χ2v) is 20.5. The summed E-state index contributed by atoms with van der Waals surface area (Å²) >= 11 is 0. The summed E-state index contributed by atoms with van der Waals surface area (Å²) < 4.78 is 16.8. The van der Waals surface area contributed by atoms with Gasteiger partial charge in [0.05, 0.1) is 0 Å². The highest BCUT2D eigenvalue weighted by Gasteiger charge is 2.19. The van der Waals surface area contributed by atoms with E-state index in [0.29, 0.717) is 19.3 Å². The minimum atomic E-state index is -0.760. The zero-order valence-electron chi connectivity index (χ0n) is 44.5. The maximum Gasteiger partial charge on any atom is 0.306 e. The van der Waals surface area contributed by atoms with Gasteiger partial charge in [0, 0.05) is 19.3 Å². The SMILES string of the molecule is CCCCCCCCCCCCCCCCCCCCC(=O)O[C@H](COC(=O)CCCCCCCCC)COC(=O)CCCCCCCCCCCCCCCCCCCCC(C)CC. The molecule has 65 heavy (non-hydrogen) atoms. The van der Waals surface area contributed by atoms with E-state index in [0.717, 1.165) is 63.7 Å². The Morgan fingerprint density at radius 3 is 0.800 bits per heavy atom. The van der Waals surface area contributed by atoms with E-state index < -0.39 is 6.10 Å². The quantitative estimate of drug-likeness (QED) is 0.0344. The molecule has 0 bridgehead atoms. The van der Waals surface area contributed by atoms with Gasteiger partial charge in [-0.3, -0.25) is 14.4 Å². The van der Waals surface area contributed by atoms with Crippen LogP contribution >= 0.6 is 0 Å². The van der Waals surface area contributed by atoms with Crippen LogP contribution in [0.15, 0.2) is 0 Å². The molecule has 2 atom stereocenters. The van der Waals surface area contributed by atoms with E-state index in [9.17, 15) is 14.4 Å². The smallest absolute Gasteiger partial charge is 0.306 e. The van der Waals surface area contributed by atoms with Crippen molar-refractivity contribution in [1.29, 1.82) is 0 Å². The van der Waals surface area contributed by atoms with Crippen LogP contribution in [0.3, 0.4) is 0 Å². The first kappa shape index (κ1) is 63.4. The molecular formula is C59H114O6. The van der Waals surface area contributed by atoms with Crippen LogP contribution in [0.4, 0.5) is 0 Å². The normalized spacial score (nSPS) is 12.4. The first-order valence-electron chi connectivity index (χ1n) is 29.4. The summed E-state index contributed by atoms with van der Waals surface area (Å²) in [6, 6.07) is 0. The van der Waals surface area contributed by atoms with Crippen molar-refractivity contribution in [3.8, 4) is 0 Å². The van der Waals surface area contributed by atoms with Crippen molar-refractivity contribution in [2.75, 3.05) is 13.2 Å². The molecule has 0 aliphatic rings. The zero-order valence-corrected chi connectivity index (χ0v) is 44.5. The second-order valence-electron chi connectivity index (χ2n) is 20.5. The molecule has 1 unspecified atom stereocenters. The predicted molar refractivity (Wildman–Crippen MR) is 280 cm³/mol. The van der Waals surface area contributed by atoms with E-state index in [4.69, 9.17) is 14.2 Å². The molecule has 386 valence electrons. The third kappa shape index (κ3) is 51.6. The van der Waals surface area contributed by atoms with Crippen molar-refractivity contribution in [2.45, 2.75) is 342 Å². The number of ether oxygens (including phenoxy) is 3. The molecule has 0 radical (unpaired) electrons.